The van der Waals surface area contributed by atoms with Gasteiger partial charge in [-0.25, -0.2) is 4.68 Å². The molecule has 30 heavy (non-hydrogen) atoms. The second-order valence-electron chi connectivity index (χ2n) is 8.14. The summed E-state index contributed by atoms with van der Waals surface area (Å²) in [5.74, 6) is -0.0374. The second kappa shape index (κ2) is 7.87. The Bertz CT molecular complexity index is 1070. The Morgan fingerprint density at radius 1 is 1.10 bits per heavy atom. The number of piperidine rings is 1. The summed E-state index contributed by atoms with van der Waals surface area (Å²) in [6.07, 6.45) is 4.78. The Labute approximate surface area is 184 Å². The van der Waals surface area contributed by atoms with E-state index in [0.717, 1.165) is 42.5 Å². The number of carbonyl (C=O) groups excluding carboxylic acids is 1. The average molecular weight is 466 g/mol. The fraction of sp³-hybridized carbons (Fsp3) is 0.348. The topological polar surface area (TPSA) is 54.3 Å². The van der Waals surface area contributed by atoms with Gasteiger partial charge in [-0.15, -0.1) is 5.10 Å². The molecule has 0 aliphatic carbocycles. The Hall–Kier alpha value is -2.67. The van der Waals surface area contributed by atoms with Crippen LogP contribution in [0.25, 0.3) is 5.69 Å². The maximum Gasteiger partial charge on any atom is 0.276 e. The molecule has 7 heteroatoms. The highest BCUT2D eigenvalue weighted by Gasteiger charge is 2.34. The minimum absolute atomic E-state index is 0.0374. The second-order valence-corrected chi connectivity index (χ2v) is 9.06. The number of rotatable bonds is 3. The van der Waals surface area contributed by atoms with Crippen molar-refractivity contribution in [1.29, 1.82) is 0 Å². The van der Waals surface area contributed by atoms with E-state index in [0.29, 0.717) is 17.8 Å². The molecule has 0 unspecified atom stereocenters. The van der Waals surface area contributed by atoms with Crippen molar-refractivity contribution in [3.63, 3.8) is 0 Å². The lowest BCUT2D eigenvalue weighted by Crippen LogP contribution is -2.48. The molecule has 1 atom stereocenters. The van der Waals surface area contributed by atoms with Gasteiger partial charge in [0.2, 0.25) is 0 Å². The zero-order chi connectivity index (χ0) is 20.7. The van der Waals surface area contributed by atoms with E-state index < -0.39 is 0 Å². The summed E-state index contributed by atoms with van der Waals surface area (Å²) >= 11 is 3.46. The van der Waals surface area contributed by atoms with Gasteiger partial charge in [0.05, 0.1) is 11.9 Å². The summed E-state index contributed by atoms with van der Waals surface area (Å²) in [6.45, 7) is 3.80. The first-order valence-corrected chi connectivity index (χ1v) is 11.2. The highest BCUT2D eigenvalue weighted by molar-refractivity contribution is 9.10. The van der Waals surface area contributed by atoms with Crippen molar-refractivity contribution in [2.24, 2.45) is 0 Å². The largest absolute Gasteiger partial charge is 0.365 e. The molecule has 1 saturated heterocycles. The van der Waals surface area contributed by atoms with Gasteiger partial charge in [-0.1, -0.05) is 45.4 Å². The van der Waals surface area contributed by atoms with E-state index >= 15 is 0 Å². The molecule has 0 saturated carbocycles. The predicted octanol–water partition coefficient (Wildman–Crippen LogP) is 4.09. The number of hydrogen-bond acceptors (Lipinski definition) is 4. The van der Waals surface area contributed by atoms with E-state index in [1.807, 2.05) is 29.2 Å². The van der Waals surface area contributed by atoms with Crippen molar-refractivity contribution in [2.75, 3.05) is 18.0 Å². The van der Waals surface area contributed by atoms with Gasteiger partial charge < -0.3 is 9.80 Å². The van der Waals surface area contributed by atoms with Crippen LogP contribution in [-0.4, -0.2) is 51.0 Å². The van der Waals surface area contributed by atoms with Gasteiger partial charge in [0, 0.05) is 35.3 Å². The van der Waals surface area contributed by atoms with Crippen LogP contribution in [0.15, 0.2) is 59.2 Å². The summed E-state index contributed by atoms with van der Waals surface area (Å²) < 4.78 is 2.61. The number of anilines is 1. The zero-order valence-electron chi connectivity index (χ0n) is 16.9. The van der Waals surface area contributed by atoms with Crippen molar-refractivity contribution < 1.29 is 4.79 Å². The number of likely N-dealkylation sites (tertiary alicyclic amines) is 1. The van der Waals surface area contributed by atoms with Gasteiger partial charge in [0.25, 0.3) is 5.91 Å². The normalized spacial score (nSPS) is 19.2. The van der Waals surface area contributed by atoms with Crippen LogP contribution in [-0.2, 0) is 6.42 Å². The van der Waals surface area contributed by atoms with Crippen LogP contribution in [0, 0.1) is 0 Å². The molecule has 3 aromatic rings. The number of fused-ring (bicyclic) bond motifs is 1. The Balaban J connectivity index is 1.26. The van der Waals surface area contributed by atoms with Gasteiger partial charge in [-0.3, -0.25) is 4.79 Å². The number of aromatic nitrogens is 3. The SMILES string of the molecule is C[C@H]1Cc2ccccc2N1C1CCN(C(=O)c2cn(-c3cccc(Br)c3)nn2)CC1. The van der Waals surface area contributed by atoms with E-state index in [2.05, 4.69) is 62.3 Å². The summed E-state index contributed by atoms with van der Waals surface area (Å²) in [7, 11) is 0. The van der Waals surface area contributed by atoms with Gasteiger partial charge in [0.1, 0.15) is 0 Å². The number of halogens is 1. The fourth-order valence-electron chi connectivity index (χ4n) is 4.76. The molecular weight excluding hydrogens is 442 g/mol. The van der Waals surface area contributed by atoms with E-state index in [1.165, 1.54) is 11.3 Å². The first kappa shape index (κ1) is 19.3. The first-order chi connectivity index (χ1) is 14.6. The molecule has 3 heterocycles. The maximum absolute atomic E-state index is 13.0. The third-order valence-corrected chi connectivity index (χ3v) is 6.68. The predicted molar refractivity (Wildman–Crippen MR) is 120 cm³/mol. The monoisotopic (exact) mass is 465 g/mol. The molecule has 0 bridgehead atoms. The zero-order valence-corrected chi connectivity index (χ0v) is 18.5. The van der Waals surface area contributed by atoms with E-state index in [4.69, 9.17) is 0 Å². The van der Waals surface area contributed by atoms with Crippen molar-refractivity contribution in [3.8, 4) is 5.69 Å². The smallest absolute Gasteiger partial charge is 0.276 e. The molecule has 1 fully saturated rings. The molecule has 0 N–H and O–H groups in total. The molecule has 1 aromatic heterocycles. The van der Waals surface area contributed by atoms with Crippen molar-refractivity contribution in [2.45, 2.75) is 38.3 Å². The summed E-state index contributed by atoms with van der Waals surface area (Å²) in [6, 6.07) is 17.5. The molecule has 2 aliphatic rings. The Morgan fingerprint density at radius 3 is 2.70 bits per heavy atom. The van der Waals surface area contributed by atoms with Gasteiger partial charge >= 0.3 is 0 Å². The van der Waals surface area contributed by atoms with Crippen molar-refractivity contribution in [3.05, 3.63) is 70.5 Å². The number of hydrogen-bond donors (Lipinski definition) is 0. The van der Waals surface area contributed by atoms with Crippen LogP contribution in [0.1, 0.15) is 35.8 Å². The number of benzene rings is 2. The summed E-state index contributed by atoms with van der Waals surface area (Å²) in [5, 5.41) is 8.28. The third-order valence-electron chi connectivity index (χ3n) is 6.19. The molecule has 0 radical (unpaired) electrons. The lowest BCUT2D eigenvalue weighted by atomic mass is 10.0. The lowest BCUT2D eigenvalue weighted by molar-refractivity contribution is 0.0705. The highest BCUT2D eigenvalue weighted by Crippen LogP contribution is 2.36. The molecule has 2 aliphatic heterocycles. The third kappa shape index (κ3) is 3.51. The van der Waals surface area contributed by atoms with Crippen LogP contribution in [0.2, 0.25) is 0 Å². The molecule has 0 spiro atoms. The minimum Gasteiger partial charge on any atom is -0.365 e. The van der Waals surface area contributed by atoms with Crippen molar-refractivity contribution >= 4 is 27.5 Å². The quantitative estimate of drug-likeness (QED) is 0.584. The Kier molecular flexibility index (Phi) is 5.06. The van der Waals surface area contributed by atoms with Gasteiger partial charge in [-0.05, 0) is 56.0 Å². The maximum atomic E-state index is 13.0. The minimum atomic E-state index is -0.0374. The van der Waals surface area contributed by atoms with Crippen LogP contribution in [0.4, 0.5) is 5.69 Å². The molecular formula is C23H24BrN5O. The summed E-state index contributed by atoms with van der Waals surface area (Å²) in [5.41, 5.74) is 4.07. The number of amides is 1. The summed E-state index contributed by atoms with van der Waals surface area (Å²) in [4.78, 5) is 17.5. The first-order valence-electron chi connectivity index (χ1n) is 10.4. The van der Waals surface area contributed by atoms with Crippen LogP contribution in [0.5, 0.6) is 0 Å². The number of nitrogens with zero attached hydrogens (tertiary/aromatic N) is 5. The van der Waals surface area contributed by atoms with Crippen LogP contribution < -0.4 is 4.90 Å². The van der Waals surface area contributed by atoms with E-state index in [1.54, 1.807) is 10.9 Å². The lowest BCUT2D eigenvalue weighted by Gasteiger charge is -2.40. The van der Waals surface area contributed by atoms with Gasteiger partial charge in [-0.2, -0.15) is 0 Å². The molecule has 5 rings (SSSR count). The van der Waals surface area contributed by atoms with Crippen LogP contribution in [0.3, 0.4) is 0 Å². The number of carbonyl (C=O) groups is 1. The van der Waals surface area contributed by atoms with E-state index in [9.17, 15) is 4.79 Å². The van der Waals surface area contributed by atoms with Crippen LogP contribution >= 0.6 is 15.9 Å². The average Bonchev–Trinajstić information content (AvgIpc) is 3.38. The number of para-hydroxylation sites is 1. The van der Waals surface area contributed by atoms with Gasteiger partial charge in [0.15, 0.2) is 5.69 Å². The standard InChI is InChI=1S/C23H24BrN5O/c1-16-13-17-5-2-3-8-22(17)29(16)19-9-11-27(12-10-19)23(30)21-15-28(26-25-21)20-7-4-6-18(24)14-20/h2-8,14-16,19H,9-13H2,1H3/t16-/m0/s1. The molecule has 2 aromatic carbocycles. The fourth-order valence-corrected chi connectivity index (χ4v) is 5.15. The molecule has 1 amide bonds. The molecule has 6 nitrogen and oxygen atoms in total. The molecule has 154 valence electrons. The highest BCUT2D eigenvalue weighted by atomic mass is 79.9. The Morgan fingerprint density at radius 2 is 1.90 bits per heavy atom. The van der Waals surface area contributed by atoms with Crippen molar-refractivity contribution in [1.82, 2.24) is 19.9 Å². The van der Waals surface area contributed by atoms with E-state index in [-0.39, 0.29) is 5.91 Å².